The first-order chi connectivity index (χ1) is 35.0. The van der Waals surface area contributed by atoms with E-state index < -0.39 is 63.1 Å². The van der Waals surface area contributed by atoms with Gasteiger partial charge in [0.2, 0.25) is 0 Å². The molecule has 422 valence electrons. The van der Waals surface area contributed by atoms with Gasteiger partial charge in [-0.3, -0.25) is 13.8 Å². The van der Waals surface area contributed by atoms with Crippen LogP contribution in [-0.2, 0) is 27.9 Å². The summed E-state index contributed by atoms with van der Waals surface area (Å²) in [4.78, 5) is 23.3. The van der Waals surface area contributed by atoms with E-state index in [1.54, 1.807) is 0 Å². The minimum Gasteiger partial charge on any atom is -0.457 e. The van der Waals surface area contributed by atoms with Gasteiger partial charge in [0.15, 0.2) is 0 Å². The highest BCUT2D eigenvalue weighted by atomic mass is 31.2. The molecule has 1 saturated carbocycles. The number of carbonyl (C=O) groups excluding carboxylic acids is 1. The van der Waals surface area contributed by atoms with Gasteiger partial charge in [0.05, 0.1) is 13.2 Å². The molecule has 1 fully saturated rings. The fraction of sp³-hybridized carbons (Fsp3) is 0.847. The first-order valence-electron chi connectivity index (χ1n) is 29.5. The molecule has 6 N–H and O–H groups in total. The molecule has 0 aromatic rings. The van der Waals surface area contributed by atoms with Crippen LogP contribution in [0.2, 0.25) is 0 Å². The minimum absolute atomic E-state index is 0.0809. The third-order valence-corrected chi connectivity index (χ3v) is 14.7. The van der Waals surface area contributed by atoms with Crippen LogP contribution in [-0.4, -0.2) is 98.9 Å². The maximum absolute atomic E-state index is 12.9. The van der Waals surface area contributed by atoms with Crippen molar-refractivity contribution < 1.29 is 58.3 Å². The SMILES string of the molecule is CCCCCCC/C=C\C/C=C\C/C=C\CCCCCCCCCCCOCC(COP(=O)(O)OC1C(O)C(O)C(O)C(O)C1O)OC(=O)CCCCCCCCCCC/C=C\CCCCCCCCCC. The number of phosphoric acid groups is 1. The Bertz CT molecular complexity index is 1370. The summed E-state index contributed by atoms with van der Waals surface area (Å²) in [5.41, 5.74) is 0. The average molecular weight is 1040 g/mol. The Morgan fingerprint density at radius 3 is 1.19 bits per heavy atom. The lowest BCUT2D eigenvalue weighted by atomic mass is 9.85. The molecule has 1 aliphatic carbocycles. The molecule has 72 heavy (non-hydrogen) atoms. The maximum Gasteiger partial charge on any atom is 0.472 e. The average Bonchev–Trinajstić information content (AvgIpc) is 3.37. The summed E-state index contributed by atoms with van der Waals surface area (Å²) in [5, 5.41) is 50.4. The molecule has 0 aliphatic heterocycles. The van der Waals surface area contributed by atoms with Crippen LogP contribution in [0, 0.1) is 0 Å². The van der Waals surface area contributed by atoms with Crippen LogP contribution in [0.25, 0.3) is 0 Å². The number of aliphatic hydroxyl groups excluding tert-OH is 5. The summed E-state index contributed by atoms with van der Waals surface area (Å²) in [6.07, 6.45) is 50.3. The second-order valence-corrected chi connectivity index (χ2v) is 21.9. The van der Waals surface area contributed by atoms with E-state index in [-0.39, 0.29) is 13.0 Å². The number of ether oxygens (including phenoxy) is 2. The molecule has 12 nitrogen and oxygen atoms in total. The molecule has 6 atom stereocenters. The summed E-state index contributed by atoms with van der Waals surface area (Å²) in [6, 6.07) is 0. The van der Waals surface area contributed by atoms with Crippen LogP contribution in [0.1, 0.15) is 258 Å². The lowest BCUT2D eigenvalue weighted by Gasteiger charge is -2.41. The van der Waals surface area contributed by atoms with E-state index in [9.17, 15) is 39.8 Å². The second-order valence-electron chi connectivity index (χ2n) is 20.5. The van der Waals surface area contributed by atoms with Crippen LogP contribution >= 0.6 is 7.82 Å². The van der Waals surface area contributed by atoms with Gasteiger partial charge in [0, 0.05) is 13.0 Å². The lowest BCUT2D eigenvalue weighted by molar-refractivity contribution is -0.220. The lowest BCUT2D eigenvalue weighted by Crippen LogP contribution is -2.64. The molecule has 13 heteroatoms. The number of phosphoric ester groups is 1. The highest BCUT2D eigenvalue weighted by Crippen LogP contribution is 2.47. The third kappa shape index (κ3) is 39.7. The topological polar surface area (TPSA) is 192 Å². The predicted octanol–water partition coefficient (Wildman–Crippen LogP) is 14.3. The number of hydrogen-bond donors (Lipinski definition) is 6. The minimum atomic E-state index is -5.03. The highest BCUT2D eigenvalue weighted by Gasteiger charge is 2.51. The van der Waals surface area contributed by atoms with Crippen molar-refractivity contribution in [3.63, 3.8) is 0 Å². The fourth-order valence-electron chi connectivity index (χ4n) is 9.01. The number of allylic oxidation sites excluding steroid dienone is 8. The van der Waals surface area contributed by atoms with Crippen molar-refractivity contribution in [3.8, 4) is 0 Å². The maximum atomic E-state index is 12.9. The Morgan fingerprint density at radius 2 is 0.778 bits per heavy atom. The Morgan fingerprint density at radius 1 is 0.444 bits per heavy atom. The Hall–Kier alpha value is -1.70. The van der Waals surface area contributed by atoms with Crippen LogP contribution in [0.3, 0.4) is 0 Å². The van der Waals surface area contributed by atoms with Crippen molar-refractivity contribution in [2.24, 2.45) is 0 Å². The number of esters is 1. The molecule has 6 unspecified atom stereocenters. The smallest absolute Gasteiger partial charge is 0.457 e. The monoisotopic (exact) mass is 1040 g/mol. The van der Waals surface area contributed by atoms with Gasteiger partial charge < -0.3 is 39.9 Å². The molecule has 0 bridgehead atoms. The first kappa shape index (κ1) is 68.3. The van der Waals surface area contributed by atoms with Gasteiger partial charge in [-0.05, 0) is 77.0 Å². The molecule has 0 radical (unpaired) electrons. The summed E-state index contributed by atoms with van der Waals surface area (Å²) in [5.74, 6) is -0.479. The predicted molar refractivity (Wildman–Crippen MR) is 295 cm³/mol. The van der Waals surface area contributed by atoms with Gasteiger partial charge in [0.25, 0.3) is 0 Å². The van der Waals surface area contributed by atoms with Crippen LogP contribution in [0.5, 0.6) is 0 Å². The Kier molecular flexibility index (Phi) is 46.4. The number of carbonyl (C=O) groups is 1. The molecule has 0 heterocycles. The molecule has 0 aromatic heterocycles. The van der Waals surface area contributed by atoms with E-state index >= 15 is 0 Å². The van der Waals surface area contributed by atoms with E-state index in [4.69, 9.17) is 18.5 Å². The first-order valence-corrected chi connectivity index (χ1v) is 31.0. The van der Waals surface area contributed by atoms with Crippen molar-refractivity contribution in [1.29, 1.82) is 0 Å². The standard InChI is InChI=1S/C59H109O12P/c1-3-5-7-9-11-13-15-17-19-21-23-25-26-27-29-31-33-35-37-39-41-43-45-47-49-68-50-52(51-69-72(66,67)71-59-57(64)55(62)54(61)56(63)58(59)65)70-53(60)48-46-44-42-40-38-36-34-32-30-28-24-22-20-18-16-14-12-10-8-6-4-2/h15,17,21-24,26-27,52,54-59,61-65H,3-14,16,18-20,25,28-51H2,1-2H3,(H,66,67)/b17-15-,23-21-,24-22-,27-26-. The zero-order valence-electron chi connectivity index (χ0n) is 45.7. The summed E-state index contributed by atoms with van der Waals surface area (Å²) < 4.78 is 34.4. The molecule has 0 aromatic carbocycles. The Labute approximate surface area is 439 Å². The van der Waals surface area contributed by atoms with E-state index in [1.807, 2.05) is 0 Å². The summed E-state index contributed by atoms with van der Waals surface area (Å²) in [6.45, 7) is 4.28. The van der Waals surface area contributed by atoms with Gasteiger partial charge in [-0.25, -0.2) is 4.57 Å². The second kappa shape index (κ2) is 48.9. The van der Waals surface area contributed by atoms with E-state index in [1.165, 1.54) is 167 Å². The van der Waals surface area contributed by atoms with Gasteiger partial charge in [-0.2, -0.15) is 0 Å². The van der Waals surface area contributed by atoms with Crippen molar-refractivity contribution in [2.45, 2.75) is 301 Å². The van der Waals surface area contributed by atoms with Crippen LogP contribution in [0.15, 0.2) is 48.6 Å². The van der Waals surface area contributed by atoms with Gasteiger partial charge in [0.1, 0.15) is 42.7 Å². The van der Waals surface area contributed by atoms with Crippen molar-refractivity contribution >= 4 is 13.8 Å². The van der Waals surface area contributed by atoms with Crippen molar-refractivity contribution in [2.75, 3.05) is 19.8 Å². The largest absolute Gasteiger partial charge is 0.472 e. The van der Waals surface area contributed by atoms with Gasteiger partial charge in [-0.15, -0.1) is 0 Å². The van der Waals surface area contributed by atoms with Crippen LogP contribution in [0.4, 0.5) is 0 Å². The van der Waals surface area contributed by atoms with Crippen molar-refractivity contribution in [3.05, 3.63) is 48.6 Å². The highest BCUT2D eigenvalue weighted by molar-refractivity contribution is 7.47. The normalized spacial score (nSPS) is 20.9. The summed E-state index contributed by atoms with van der Waals surface area (Å²) in [7, 11) is -5.03. The molecular formula is C59H109O12P. The number of rotatable bonds is 51. The number of aliphatic hydroxyl groups is 5. The summed E-state index contributed by atoms with van der Waals surface area (Å²) >= 11 is 0. The van der Waals surface area contributed by atoms with Gasteiger partial charge in [-0.1, -0.05) is 223 Å². The van der Waals surface area contributed by atoms with E-state index in [2.05, 4.69) is 62.5 Å². The molecular weight excluding hydrogens is 932 g/mol. The quantitative estimate of drug-likeness (QED) is 0.0146. The molecule has 1 aliphatic rings. The van der Waals surface area contributed by atoms with Gasteiger partial charge >= 0.3 is 13.8 Å². The third-order valence-electron chi connectivity index (χ3n) is 13.7. The number of hydrogen-bond acceptors (Lipinski definition) is 11. The van der Waals surface area contributed by atoms with E-state index in [0.717, 1.165) is 64.2 Å². The molecule has 0 saturated heterocycles. The number of unbranched alkanes of at least 4 members (excludes halogenated alkanes) is 31. The molecule has 0 spiro atoms. The molecule has 0 amide bonds. The molecule has 1 rings (SSSR count). The van der Waals surface area contributed by atoms with Crippen LogP contribution < -0.4 is 0 Å². The zero-order chi connectivity index (χ0) is 52.6. The zero-order valence-corrected chi connectivity index (χ0v) is 46.6. The fourth-order valence-corrected chi connectivity index (χ4v) is 9.98. The van der Waals surface area contributed by atoms with Crippen molar-refractivity contribution in [1.82, 2.24) is 0 Å². The Balaban J connectivity index is 2.28. The van der Waals surface area contributed by atoms with E-state index in [0.29, 0.717) is 13.0 Å².